The summed E-state index contributed by atoms with van der Waals surface area (Å²) in [5.41, 5.74) is 8.08. The lowest BCUT2D eigenvalue weighted by Gasteiger charge is -2.15. The first kappa shape index (κ1) is 13.0. The van der Waals surface area contributed by atoms with Gasteiger partial charge in [0.25, 0.3) is 5.91 Å². The first-order valence-electron chi connectivity index (χ1n) is 7.41. The fourth-order valence-corrected chi connectivity index (χ4v) is 3.02. The third-order valence-electron chi connectivity index (χ3n) is 4.14. The number of rotatable bonds is 2. The van der Waals surface area contributed by atoms with Crippen molar-refractivity contribution in [2.45, 2.75) is 44.6 Å². The molecule has 4 N–H and O–H groups in total. The van der Waals surface area contributed by atoms with E-state index in [4.69, 9.17) is 5.73 Å². The standard InChI is InChI=1S/C16H21N3O/c17-11-7-8-13-14(10-18-15(13)9-11)16(20)19-12-5-3-1-2-4-6-12/h7-10,12,18H,1-6,17H2,(H,19,20). The normalized spacial score (nSPS) is 17.0. The average Bonchev–Trinajstić information content (AvgIpc) is 2.67. The van der Waals surface area contributed by atoms with Crippen molar-refractivity contribution in [3.05, 3.63) is 30.0 Å². The van der Waals surface area contributed by atoms with E-state index >= 15 is 0 Å². The number of amides is 1. The SMILES string of the molecule is Nc1ccc2c(C(=O)NC3CCCCCC3)c[nH]c2c1. The summed E-state index contributed by atoms with van der Waals surface area (Å²) in [6.45, 7) is 0. The van der Waals surface area contributed by atoms with Crippen LogP contribution in [0.4, 0.5) is 5.69 Å². The molecule has 0 spiro atoms. The van der Waals surface area contributed by atoms with Gasteiger partial charge >= 0.3 is 0 Å². The number of anilines is 1. The molecule has 1 aromatic heterocycles. The summed E-state index contributed by atoms with van der Waals surface area (Å²) in [6.07, 6.45) is 8.99. The number of fused-ring (bicyclic) bond motifs is 1. The molecule has 1 fully saturated rings. The van der Waals surface area contributed by atoms with Gasteiger partial charge in [0.1, 0.15) is 0 Å². The topological polar surface area (TPSA) is 70.9 Å². The first-order chi connectivity index (χ1) is 9.74. The second kappa shape index (κ2) is 5.57. The van der Waals surface area contributed by atoms with Crippen LogP contribution in [0.25, 0.3) is 10.9 Å². The Bertz CT molecular complexity index is 609. The van der Waals surface area contributed by atoms with Gasteiger partial charge in [-0.1, -0.05) is 25.7 Å². The summed E-state index contributed by atoms with van der Waals surface area (Å²) in [5.74, 6) is 0.0212. The largest absolute Gasteiger partial charge is 0.399 e. The Morgan fingerprint density at radius 1 is 1.20 bits per heavy atom. The summed E-state index contributed by atoms with van der Waals surface area (Å²) < 4.78 is 0. The van der Waals surface area contributed by atoms with Gasteiger partial charge in [0, 0.05) is 28.8 Å². The number of hydrogen-bond donors (Lipinski definition) is 3. The Morgan fingerprint density at radius 3 is 2.70 bits per heavy atom. The molecule has 1 saturated carbocycles. The number of carbonyl (C=O) groups is 1. The number of aromatic amines is 1. The maximum atomic E-state index is 12.4. The minimum atomic E-state index is 0.0212. The van der Waals surface area contributed by atoms with E-state index in [0.29, 0.717) is 17.3 Å². The van der Waals surface area contributed by atoms with Gasteiger partial charge in [-0.2, -0.15) is 0 Å². The summed E-state index contributed by atoms with van der Waals surface area (Å²) >= 11 is 0. The second-order valence-electron chi connectivity index (χ2n) is 5.67. The lowest BCUT2D eigenvalue weighted by molar-refractivity contribution is 0.0935. The third kappa shape index (κ3) is 2.64. The Kier molecular flexibility index (Phi) is 3.63. The summed E-state index contributed by atoms with van der Waals surface area (Å²) in [7, 11) is 0. The van der Waals surface area contributed by atoms with Gasteiger partial charge in [-0.3, -0.25) is 4.79 Å². The molecular weight excluding hydrogens is 250 g/mol. The highest BCUT2D eigenvalue weighted by atomic mass is 16.1. The monoisotopic (exact) mass is 271 g/mol. The molecule has 4 nitrogen and oxygen atoms in total. The molecule has 2 aromatic rings. The first-order valence-corrected chi connectivity index (χ1v) is 7.41. The van der Waals surface area contributed by atoms with E-state index in [1.54, 1.807) is 6.20 Å². The predicted molar refractivity (Wildman–Crippen MR) is 81.7 cm³/mol. The summed E-state index contributed by atoms with van der Waals surface area (Å²) in [5, 5.41) is 4.11. The maximum Gasteiger partial charge on any atom is 0.253 e. The zero-order valence-corrected chi connectivity index (χ0v) is 11.6. The average molecular weight is 271 g/mol. The number of carbonyl (C=O) groups excluding carboxylic acids is 1. The van der Waals surface area contributed by atoms with Crippen molar-refractivity contribution in [2.75, 3.05) is 5.73 Å². The number of H-pyrrole nitrogens is 1. The molecule has 0 unspecified atom stereocenters. The quantitative estimate of drug-likeness (QED) is 0.580. The van der Waals surface area contributed by atoms with Crippen molar-refractivity contribution in [3.63, 3.8) is 0 Å². The highest BCUT2D eigenvalue weighted by Crippen LogP contribution is 2.22. The fraction of sp³-hybridized carbons (Fsp3) is 0.438. The summed E-state index contributed by atoms with van der Waals surface area (Å²) in [4.78, 5) is 15.5. The van der Waals surface area contributed by atoms with Crippen LogP contribution in [0.15, 0.2) is 24.4 Å². The number of nitrogens with two attached hydrogens (primary N) is 1. The van der Waals surface area contributed by atoms with Gasteiger partial charge < -0.3 is 16.0 Å². The lowest BCUT2D eigenvalue weighted by atomic mass is 10.1. The van der Waals surface area contributed by atoms with Crippen molar-refractivity contribution in [1.29, 1.82) is 0 Å². The van der Waals surface area contributed by atoms with Crippen LogP contribution in [0.1, 0.15) is 48.9 Å². The van der Waals surface area contributed by atoms with Crippen molar-refractivity contribution >= 4 is 22.5 Å². The molecule has 4 heteroatoms. The Hall–Kier alpha value is -1.97. The molecule has 1 aromatic carbocycles. The maximum absolute atomic E-state index is 12.4. The van der Waals surface area contributed by atoms with Gasteiger partial charge in [0.05, 0.1) is 5.56 Å². The highest BCUT2D eigenvalue weighted by Gasteiger charge is 2.18. The molecular formula is C16H21N3O. The van der Waals surface area contributed by atoms with Gasteiger partial charge in [-0.05, 0) is 31.0 Å². The van der Waals surface area contributed by atoms with Gasteiger partial charge in [-0.15, -0.1) is 0 Å². The van der Waals surface area contributed by atoms with Crippen LogP contribution in [0, 0.1) is 0 Å². The van der Waals surface area contributed by atoms with E-state index in [1.807, 2.05) is 18.2 Å². The molecule has 0 saturated heterocycles. The van der Waals surface area contributed by atoms with Gasteiger partial charge in [-0.25, -0.2) is 0 Å². The highest BCUT2D eigenvalue weighted by molar-refractivity contribution is 6.07. The van der Waals surface area contributed by atoms with E-state index in [9.17, 15) is 4.79 Å². The fourth-order valence-electron chi connectivity index (χ4n) is 3.02. The zero-order chi connectivity index (χ0) is 13.9. The molecule has 0 bridgehead atoms. The Balaban J connectivity index is 1.78. The van der Waals surface area contributed by atoms with Crippen molar-refractivity contribution in [3.8, 4) is 0 Å². The molecule has 106 valence electrons. The Morgan fingerprint density at radius 2 is 1.95 bits per heavy atom. The van der Waals surface area contributed by atoms with Crippen molar-refractivity contribution in [2.24, 2.45) is 0 Å². The minimum Gasteiger partial charge on any atom is -0.399 e. The lowest BCUT2D eigenvalue weighted by Crippen LogP contribution is -2.34. The number of nitrogen functional groups attached to an aromatic ring is 1. The zero-order valence-electron chi connectivity index (χ0n) is 11.6. The molecule has 0 atom stereocenters. The summed E-state index contributed by atoms with van der Waals surface area (Å²) in [6, 6.07) is 5.92. The molecule has 0 radical (unpaired) electrons. The van der Waals surface area contributed by atoms with E-state index in [2.05, 4.69) is 10.3 Å². The van der Waals surface area contributed by atoms with Crippen LogP contribution in [0.3, 0.4) is 0 Å². The van der Waals surface area contributed by atoms with Crippen LogP contribution >= 0.6 is 0 Å². The van der Waals surface area contributed by atoms with Gasteiger partial charge in [0.2, 0.25) is 0 Å². The van der Waals surface area contributed by atoms with Crippen LogP contribution in [0.5, 0.6) is 0 Å². The smallest absolute Gasteiger partial charge is 0.253 e. The van der Waals surface area contributed by atoms with Crippen molar-refractivity contribution < 1.29 is 4.79 Å². The molecule has 1 heterocycles. The minimum absolute atomic E-state index is 0.0212. The van der Waals surface area contributed by atoms with E-state index in [0.717, 1.165) is 23.7 Å². The number of hydrogen-bond acceptors (Lipinski definition) is 2. The third-order valence-corrected chi connectivity index (χ3v) is 4.14. The molecule has 1 aliphatic rings. The molecule has 0 aliphatic heterocycles. The molecule has 20 heavy (non-hydrogen) atoms. The second-order valence-corrected chi connectivity index (χ2v) is 5.67. The molecule has 1 amide bonds. The van der Waals surface area contributed by atoms with Crippen LogP contribution in [-0.4, -0.2) is 16.9 Å². The van der Waals surface area contributed by atoms with Crippen molar-refractivity contribution in [1.82, 2.24) is 10.3 Å². The van der Waals surface area contributed by atoms with Crippen LogP contribution in [0.2, 0.25) is 0 Å². The number of benzene rings is 1. The van der Waals surface area contributed by atoms with Gasteiger partial charge in [0.15, 0.2) is 0 Å². The van der Waals surface area contributed by atoms with Crippen LogP contribution in [-0.2, 0) is 0 Å². The molecule has 3 rings (SSSR count). The van der Waals surface area contributed by atoms with E-state index in [-0.39, 0.29) is 5.91 Å². The van der Waals surface area contributed by atoms with Crippen LogP contribution < -0.4 is 11.1 Å². The van der Waals surface area contributed by atoms with E-state index < -0.39 is 0 Å². The predicted octanol–water partition coefficient (Wildman–Crippen LogP) is 3.20. The Labute approximate surface area is 118 Å². The molecule has 1 aliphatic carbocycles. The van der Waals surface area contributed by atoms with E-state index in [1.165, 1.54) is 25.7 Å². The number of aromatic nitrogens is 1. The number of nitrogens with one attached hydrogen (secondary N) is 2.